The Labute approximate surface area is 96.6 Å². The Hall–Kier alpha value is 0.230. The maximum atomic E-state index is 10.4. The highest BCUT2D eigenvalue weighted by molar-refractivity contribution is 7.99. The number of piperidine rings is 1. The summed E-state index contributed by atoms with van der Waals surface area (Å²) >= 11 is 2.04. The number of hydrogen-bond acceptors (Lipinski definition) is 4. The Kier molecular flexibility index (Phi) is 4.31. The number of aliphatic hydroxyl groups is 1. The Morgan fingerprint density at radius 3 is 2.80 bits per heavy atom. The van der Waals surface area contributed by atoms with Gasteiger partial charge in [0.15, 0.2) is 0 Å². The van der Waals surface area contributed by atoms with Gasteiger partial charge in [-0.1, -0.05) is 0 Å². The van der Waals surface area contributed by atoms with Crippen LogP contribution in [0.4, 0.5) is 0 Å². The molecule has 0 aliphatic carbocycles. The van der Waals surface area contributed by atoms with E-state index in [1.807, 2.05) is 11.8 Å². The predicted molar refractivity (Wildman–Crippen MR) is 65.4 cm³/mol. The molecule has 15 heavy (non-hydrogen) atoms. The molecule has 2 saturated heterocycles. The highest BCUT2D eigenvalue weighted by atomic mass is 32.2. The van der Waals surface area contributed by atoms with Crippen LogP contribution in [-0.2, 0) is 0 Å². The SMILES string of the molecule is OC1(CN2CCCSCC2)CCNCC1. The van der Waals surface area contributed by atoms with Crippen LogP contribution in [0, 0.1) is 0 Å². The summed E-state index contributed by atoms with van der Waals surface area (Å²) in [4.78, 5) is 2.45. The van der Waals surface area contributed by atoms with E-state index in [-0.39, 0.29) is 0 Å². The fourth-order valence-corrected chi connectivity index (χ4v) is 3.35. The van der Waals surface area contributed by atoms with Crippen molar-refractivity contribution in [1.82, 2.24) is 10.2 Å². The fraction of sp³-hybridized carbons (Fsp3) is 1.00. The highest BCUT2D eigenvalue weighted by Gasteiger charge is 2.31. The van der Waals surface area contributed by atoms with Crippen molar-refractivity contribution in [3.63, 3.8) is 0 Å². The molecule has 2 fully saturated rings. The van der Waals surface area contributed by atoms with Crippen molar-refractivity contribution in [3.8, 4) is 0 Å². The summed E-state index contributed by atoms with van der Waals surface area (Å²) in [7, 11) is 0. The summed E-state index contributed by atoms with van der Waals surface area (Å²) in [5.41, 5.74) is -0.416. The lowest BCUT2D eigenvalue weighted by atomic mass is 9.92. The lowest BCUT2D eigenvalue weighted by molar-refractivity contribution is -0.0192. The van der Waals surface area contributed by atoms with E-state index >= 15 is 0 Å². The minimum atomic E-state index is -0.416. The summed E-state index contributed by atoms with van der Waals surface area (Å²) in [5.74, 6) is 2.52. The maximum absolute atomic E-state index is 10.4. The zero-order chi connectivity index (χ0) is 10.6. The first-order chi connectivity index (χ1) is 7.29. The maximum Gasteiger partial charge on any atom is 0.0798 e. The third-order valence-electron chi connectivity index (χ3n) is 3.37. The molecule has 0 bridgehead atoms. The van der Waals surface area contributed by atoms with Crippen LogP contribution < -0.4 is 5.32 Å². The second-order valence-corrected chi connectivity index (χ2v) is 5.94. The summed E-state index contributed by atoms with van der Waals surface area (Å²) in [6, 6.07) is 0. The highest BCUT2D eigenvalue weighted by Crippen LogP contribution is 2.21. The number of nitrogens with one attached hydrogen (secondary N) is 1. The number of β-amino-alcohol motifs (C(OH)–C–C–N with tert-alkyl or cyclic N) is 1. The molecule has 2 heterocycles. The average Bonchev–Trinajstić information content (AvgIpc) is 2.47. The second-order valence-electron chi connectivity index (χ2n) is 4.72. The van der Waals surface area contributed by atoms with E-state index in [9.17, 15) is 5.11 Å². The van der Waals surface area contributed by atoms with Crippen molar-refractivity contribution >= 4 is 11.8 Å². The molecule has 0 amide bonds. The van der Waals surface area contributed by atoms with Crippen molar-refractivity contribution in [3.05, 3.63) is 0 Å². The van der Waals surface area contributed by atoms with Gasteiger partial charge in [0.2, 0.25) is 0 Å². The number of rotatable bonds is 2. The number of nitrogens with zero attached hydrogens (tertiary/aromatic N) is 1. The first kappa shape index (κ1) is 11.7. The normalized spacial score (nSPS) is 28.6. The van der Waals surface area contributed by atoms with Crippen LogP contribution in [0.25, 0.3) is 0 Å². The second kappa shape index (κ2) is 5.53. The number of hydrogen-bond donors (Lipinski definition) is 2. The first-order valence-corrected chi connectivity index (χ1v) is 7.17. The van der Waals surface area contributed by atoms with Crippen LogP contribution in [0.5, 0.6) is 0 Å². The summed E-state index contributed by atoms with van der Waals surface area (Å²) in [6.45, 7) is 5.15. The summed E-state index contributed by atoms with van der Waals surface area (Å²) in [5, 5.41) is 13.7. The van der Waals surface area contributed by atoms with Gasteiger partial charge in [0.25, 0.3) is 0 Å². The molecule has 0 saturated carbocycles. The van der Waals surface area contributed by atoms with Crippen molar-refractivity contribution in [2.75, 3.05) is 44.2 Å². The van der Waals surface area contributed by atoms with E-state index in [4.69, 9.17) is 0 Å². The molecule has 2 aliphatic rings. The Balaban J connectivity index is 1.82. The van der Waals surface area contributed by atoms with Gasteiger partial charge in [-0.05, 0) is 44.6 Å². The van der Waals surface area contributed by atoms with Crippen LogP contribution in [0.2, 0.25) is 0 Å². The molecule has 0 aromatic heterocycles. The molecule has 2 N–H and O–H groups in total. The largest absolute Gasteiger partial charge is 0.388 e. The van der Waals surface area contributed by atoms with Gasteiger partial charge < -0.3 is 10.4 Å². The Morgan fingerprint density at radius 2 is 2.00 bits per heavy atom. The molecule has 0 spiro atoms. The van der Waals surface area contributed by atoms with Gasteiger partial charge in [0, 0.05) is 18.8 Å². The molecular formula is C11H22N2OS. The van der Waals surface area contributed by atoms with Gasteiger partial charge >= 0.3 is 0 Å². The lowest BCUT2D eigenvalue weighted by Crippen LogP contribution is -2.50. The van der Waals surface area contributed by atoms with E-state index in [1.165, 1.54) is 24.5 Å². The van der Waals surface area contributed by atoms with Crippen LogP contribution >= 0.6 is 11.8 Å². The zero-order valence-corrected chi connectivity index (χ0v) is 10.2. The third kappa shape index (κ3) is 3.63. The molecule has 2 aliphatic heterocycles. The summed E-state index contributed by atoms with van der Waals surface area (Å²) in [6.07, 6.45) is 3.10. The molecule has 0 aromatic rings. The zero-order valence-electron chi connectivity index (χ0n) is 9.37. The molecule has 0 unspecified atom stereocenters. The topological polar surface area (TPSA) is 35.5 Å². The van der Waals surface area contributed by atoms with E-state index in [1.54, 1.807) is 0 Å². The molecule has 0 aromatic carbocycles. The van der Waals surface area contributed by atoms with Gasteiger partial charge in [0.05, 0.1) is 5.60 Å². The van der Waals surface area contributed by atoms with Crippen molar-refractivity contribution < 1.29 is 5.11 Å². The van der Waals surface area contributed by atoms with Crippen LogP contribution in [0.1, 0.15) is 19.3 Å². The van der Waals surface area contributed by atoms with E-state index in [0.29, 0.717) is 0 Å². The van der Waals surface area contributed by atoms with E-state index in [2.05, 4.69) is 10.2 Å². The fourth-order valence-electron chi connectivity index (χ4n) is 2.42. The molecular weight excluding hydrogens is 208 g/mol. The van der Waals surface area contributed by atoms with Gasteiger partial charge in [0.1, 0.15) is 0 Å². The lowest BCUT2D eigenvalue weighted by Gasteiger charge is -2.36. The smallest absolute Gasteiger partial charge is 0.0798 e. The van der Waals surface area contributed by atoms with Crippen LogP contribution in [-0.4, -0.2) is 59.8 Å². The standard InChI is InChI=1S/C11H22N2OS/c14-11(2-4-12-5-3-11)10-13-6-1-8-15-9-7-13/h12,14H,1-10H2. The van der Waals surface area contributed by atoms with E-state index in [0.717, 1.165) is 39.0 Å². The van der Waals surface area contributed by atoms with Gasteiger partial charge in [-0.3, -0.25) is 4.90 Å². The van der Waals surface area contributed by atoms with Crippen LogP contribution in [0.3, 0.4) is 0 Å². The van der Waals surface area contributed by atoms with Gasteiger partial charge in [-0.15, -0.1) is 0 Å². The van der Waals surface area contributed by atoms with Gasteiger partial charge in [-0.25, -0.2) is 0 Å². The minimum absolute atomic E-state index is 0.416. The Bertz CT molecular complexity index is 187. The summed E-state index contributed by atoms with van der Waals surface area (Å²) < 4.78 is 0. The molecule has 2 rings (SSSR count). The molecule has 4 heteroatoms. The average molecular weight is 230 g/mol. The molecule has 88 valence electrons. The van der Waals surface area contributed by atoms with Crippen molar-refractivity contribution in [1.29, 1.82) is 0 Å². The molecule has 0 radical (unpaired) electrons. The van der Waals surface area contributed by atoms with Crippen molar-refractivity contribution in [2.24, 2.45) is 0 Å². The van der Waals surface area contributed by atoms with E-state index < -0.39 is 5.60 Å². The van der Waals surface area contributed by atoms with Gasteiger partial charge in [-0.2, -0.15) is 11.8 Å². The molecule has 0 atom stereocenters. The first-order valence-electron chi connectivity index (χ1n) is 6.02. The quantitative estimate of drug-likeness (QED) is 0.726. The monoisotopic (exact) mass is 230 g/mol. The predicted octanol–water partition coefficient (Wildman–Crippen LogP) is 0.540. The van der Waals surface area contributed by atoms with Crippen molar-refractivity contribution in [2.45, 2.75) is 24.9 Å². The number of thioether (sulfide) groups is 1. The Morgan fingerprint density at radius 1 is 1.20 bits per heavy atom. The van der Waals surface area contributed by atoms with Crippen LogP contribution in [0.15, 0.2) is 0 Å². The minimum Gasteiger partial charge on any atom is -0.388 e. The molecule has 3 nitrogen and oxygen atoms in total. The third-order valence-corrected chi connectivity index (χ3v) is 4.42.